The van der Waals surface area contributed by atoms with E-state index in [-0.39, 0.29) is 12.4 Å². The SMILES string of the molecule is CC1(OC[C@H]2O[C@@H](n3ccc(N)nc3=O)[C@H](O)[C@@H]2O[P+](=O)O)CCCCCN1. The van der Waals surface area contributed by atoms with Gasteiger partial charge in [0.1, 0.15) is 23.8 Å². The van der Waals surface area contributed by atoms with Gasteiger partial charge in [-0.25, -0.2) is 4.79 Å². The van der Waals surface area contributed by atoms with Crippen molar-refractivity contribution in [1.82, 2.24) is 14.9 Å². The van der Waals surface area contributed by atoms with Crippen molar-refractivity contribution in [2.24, 2.45) is 0 Å². The first kappa shape index (κ1) is 21.3. The molecular formula is C16H26N4O7P+. The summed E-state index contributed by atoms with van der Waals surface area (Å²) in [6.45, 7) is 2.75. The Bertz CT molecular complexity index is 753. The van der Waals surface area contributed by atoms with Crippen molar-refractivity contribution in [2.45, 2.75) is 62.9 Å². The van der Waals surface area contributed by atoms with Gasteiger partial charge in [0.2, 0.25) is 0 Å². The number of nitrogens with two attached hydrogens (primary N) is 1. The lowest BCUT2D eigenvalue weighted by Gasteiger charge is -2.31. The summed E-state index contributed by atoms with van der Waals surface area (Å²) < 4.78 is 29.0. The third-order valence-corrected chi connectivity index (χ3v) is 5.47. The minimum atomic E-state index is -2.99. The third-order valence-electron chi connectivity index (χ3n) is 5.04. The number of hydrogen-bond donors (Lipinski definition) is 4. The molecule has 5 N–H and O–H groups in total. The first-order valence-corrected chi connectivity index (χ1v) is 10.3. The van der Waals surface area contributed by atoms with E-state index in [1.807, 2.05) is 6.92 Å². The number of rotatable bonds is 6. The molecule has 0 radical (unpaired) electrons. The molecule has 11 nitrogen and oxygen atoms in total. The van der Waals surface area contributed by atoms with E-state index in [1.165, 1.54) is 12.3 Å². The van der Waals surface area contributed by atoms with Crippen molar-refractivity contribution < 1.29 is 28.6 Å². The van der Waals surface area contributed by atoms with Gasteiger partial charge >= 0.3 is 13.9 Å². The van der Waals surface area contributed by atoms with E-state index >= 15 is 0 Å². The van der Waals surface area contributed by atoms with E-state index in [1.54, 1.807) is 0 Å². The molecule has 2 aliphatic heterocycles. The summed E-state index contributed by atoms with van der Waals surface area (Å²) in [6.07, 6.45) is 0.769. The van der Waals surface area contributed by atoms with Crippen molar-refractivity contribution in [3.63, 3.8) is 0 Å². The number of nitrogen functional groups attached to an aromatic ring is 1. The molecule has 2 unspecified atom stereocenters. The van der Waals surface area contributed by atoms with Crippen LogP contribution in [0, 0.1) is 0 Å². The second-order valence-corrected chi connectivity index (χ2v) is 7.87. The molecule has 0 amide bonds. The Morgan fingerprint density at radius 1 is 1.50 bits per heavy atom. The van der Waals surface area contributed by atoms with Gasteiger partial charge in [0, 0.05) is 10.8 Å². The molecule has 2 aliphatic rings. The predicted octanol–water partition coefficient (Wildman–Crippen LogP) is 0.0151. The van der Waals surface area contributed by atoms with Crippen molar-refractivity contribution in [3.8, 4) is 0 Å². The number of nitrogens with zero attached hydrogens (tertiary/aromatic N) is 2. The van der Waals surface area contributed by atoms with Crippen LogP contribution in [0.15, 0.2) is 17.1 Å². The van der Waals surface area contributed by atoms with Gasteiger partial charge in [0.25, 0.3) is 0 Å². The minimum absolute atomic E-state index is 0.00204. The maximum atomic E-state index is 12.1. The first-order valence-electron chi connectivity index (χ1n) is 9.19. The largest absolute Gasteiger partial charge is 0.695 e. The van der Waals surface area contributed by atoms with E-state index in [4.69, 9.17) is 19.7 Å². The molecule has 3 heterocycles. The molecular weight excluding hydrogens is 391 g/mol. The summed E-state index contributed by atoms with van der Waals surface area (Å²) in [4.78, 5) is 24.9. The van der Waals surface area contributed by atoms with Gasteiger partial charge in [-0.3, -0.25) is 9.88 Å². The molecule has 28 heavy (non-hydrogen) atoms. The molecule has 1 aromatic rings. The van der Waals surface area contributed by atoms with Gasteiger partial charge in [-0.1, -0.05) is 6.42 Å². The molecule has 3 rings (SSSR count). The van der Waals surface area contributed by atoms with Gasteiger partial charge < -0.3 is 20.3 Å². The minimum Gasteiger partial charge on any atom is -0.385 e. The second-order valence-electron chi connectivity index (χ2n) is 7.19. The topological polar surface area (TPSA) is 158 Å². The van der Waals surface area contributed by atoms with E-state index in [0.29, 0.717) is 0 Å². The maximum absolute atomic E-state index is 12.1. The molecule has 2 fully saturated rings. The van der Waals surface area contributed by atoms with Gasteiger partial charge in [-0.2, -0.15) is 4.98 Å². The molecule has 156 valence electrons. The fraction of sp³-hybridized carbons (Fsp3) is 0.750. The highest BCUT2D eigenvalue weighted by atomic mass is 31.1. The second kappa shape index (κ2) is 8.91. The zero-order valence-corrected chi connectivity index (χ0v) is 16.5. The van der Waals surface area contributed by atoms with Crippen LogP contribution in [-0.2, 0) is 18.6 Å². The van der Waals surface area contributed by atoms with Crippen molar-refractivity contribution >= 4 is 14.1 Å². The molecule has 0 spiro atoms. The van der Waals surface area contributed by atoms with E-state index in [0.717, 1.165) is 36.8 Å². The van der Waals surface area contributed by atoms with Crippen LogP contribution >= 0.6 is 8.25 Å². The van der Waals surface area contributed by atoms with Crippen LogP contribution in [0.4, 0.5) is 5.82 Å². The third kappa shape index (κ3) is 4.93. The molecule has 6 atom stereocenters. The highest BCUT2D eigenvalue weighted by Gasteiger charge is 2.51. The monoisotopic (exact) mass is 417 g/mol. The normalized spacial score (nSPS) is 34.2. The maximum Gasteiger partial charge on any atom is 0.695 e. The Kier molecular flexibility index (Phi) is 6.77. The number of aliphatic hydroxyl groups excluding tert-OH is 1. The average molecular weight is 417 g/mol. The Balaban J connectivity index is 1.76. The quantitative estimate of drug-likeness (QED) is 0.465. The first-order chi connectivity index (χ1) is 13.3. The average Bonchev–Trinajstić information content (AvgIpc) is 2.79. The smallest absolute Gasteiger partial charge is 0.385 e. The van der Waals surface area contributed by atoms with Gasteiger partial charge in [0.05, 0.1) is 6.61 Å². The summed E-state index contributed by atoms with van der Waals surface area (Å²) >= 11 is 0. The number of hydrogen-bond acceptors (Lipinski definition) is 9. The van der Waals surface area contributed by atoms with Gasteiger partial charge in [0.15, 0.2) is 12.3 Å². The van der Waals surface area contributed by atoms with Crippen LogP contribution in [0.1, 0.15) is 38.8 Å². The van der Waals surface area contributed by atoms with Crippen LogP contribution in [-0.4, -0.2) is 56.7 Å². The Morgan fingerprint density at radius 3 is 3.00 bits per heavy atom. The Labute approximate surface area is 162 Å². The molecule has 0 aromatic carbocycles. The lowest BCUT2D eigenvalue weighted by Crippen LogP contribution is -2.47. The molecule has 0 bridgehead atoms. The fourth-order valence-electron chi connectivity index (χ4n) is 3.53. The lowest BCUT2D eigenvalue weighted by atomic mass is 10.1. The zero-order chi connectivity index (χ0) is 20.3. The van der Waals surface area contributed by atoms with Crippen LogP contribution in [0.25, 0.3) is 0 Å². The van der Waals surface area contributed by atoms with Crippen LogP contribution < -0.4 is 16.7 Å². The van der Waals surface area contributed by atoms with Crippen LogP contribution in [0.3, 0.4) is 0 Å². The number of aromatic nitrogens is 2. The number of ether oxygens (including phenoxy) is 2. The molecule has 1 aromatic heterocycles. The highest BCUT2D eigenvalue weighted by Crippen LogP contribution is 2.36. The lowest BCUT2D eigenvalue weighted by molar-refractivity contribution is -0.123. The number of anilines is 1. The predicted molar refractivity (Wildman–Crippen MR) is 98.4 cm³/mol. The summed E-state index contributed by atoms with van der Waals surface area (Å²) in [5.41, 5.74) is 4.20. The Hall–Kier alpha value is -1.46. The Morgan fingerprint density at radius 2 is 2.29 bits per heavy atom. The summed E-state index contributed by atoms with van der Waals surface area (Å²) in [5, 5.41) is 13.9. The molecule has 0 aliphatic carbocycles. The van der Waals surface area contributed by atoms with E-state index < -0.39 is 44.2 Å². The molecule has 12 heteroatoms. The summed E-state index contributed by atoms with van der Waals surface area (Å²) in [5.74, 6) is 0.0345. The summed E-state index contributed by atoms with van der Waals surface area (Å²) in [7, 11) is -2.99. The fourth-order valence-corrected chi connectivity index (χ4v) is 4.00. The number of aliphatic hydroxyl groups is 1. The van der Waals surface area contributed by atoms with Crippen LogP contribution in [0.2, 0.25) is 0 Å². The molecule has 0 saturated carbocycles. The number of nitrogens with one attached hydrogen (secondary N) is 1. The van der Waals surface area contributed by atoms with Gasteiger partial charge in [-0.05, 0) is 38.8 Å². The van der Waals surface area contributed by atoms with Crippen molar-refractivity contribution in [1.29, 1.82) is 0 Å². The zero-order valence-electron chi connectivity index (χ0n) is 15.6. The molecule has 2 saturated heterocycles. The van der Waals surface area contributed by atoms with E-state index in [9.17, 15) is 19.4 Å². The highest BCUT2D eigenvalue weighted by molar-refractivity contribution is 7.32. The summed E-state index contributed by atoms with van der Waals surface area (Å²) in [6, 6.07) is 1.39. The van der Waals surface area contributed by atoms with Crippen molar-refractivity contribution in [3.05, 3.63) is 22.7 Å². The van der Waals surface area contributed by atoms with Crippen LogP contribution in [0.5, 0.6) is 0 Å². The van der Waals surface area contributed by atoms with Crippen molar-refractivity contribution in [2.75, 3.05) is 18.9 Å². The standard InChI is InChI=1S/C16H25N4O7P/c1-16(6-3-2-4-7-18-16)25-9-10-13(27-28(23)24)12(21)14(26-10)20-8-5-11(17)19-15(20)22/h5,8,10,12-14,18,21H,2-4,6-7,9H2,1H3,(H2-,17,19,22,23,24)/p+1/t10-,12-,13-,14-,16?/m1/s1. The van der Waals surface area contributed by atoms with Gasteiger partial charge in [-0.15, -0.1) is 9.42 Å². The van der Waals surface area contributed by atoms with E-state index in [2.05, 4.69) is 10.3 Å².